The van der Waals surface area contributed by atoms with Crippen LogP contribution in [0.1, 0.15) is 10.8 Å². The van der Waals surface area contributed by atoms with Crippen LogP contribution in [-0.2, 0) is 0 Å². The summed E-state index contributed by atoms with van der Waals surface area (Å²) in [7, 11) is 0. The zero-order chi connectivity index (χ0) is 8.23. The molecule has 1 atom stereocenters. The number of hydrogen-bond acceptors (Lipinski definition) is 2. The first-order valence-corrected chi connectivity index (χ1v) is 5.30. The topological polar surface area (TPSA) is 12.0 Å². The van der Waals surface area contributed by atoms with Crippen molar-refractivity contribution in [2.45, 2.75) is 5.25 Å². The maximum Gasteiger partial charge on any atom is 0.0422 e. The van der Waals surface area contributed by atoms with Gasteiger partial charge < -0.3 is 5.32 Å². The largest absolute Gasteiger partial charge is 0.314 e. The van der Waals surface area contributed by atoms with Crippen molar-refractivity contribution >= 4 is 11.8 Å². The number of thioether (sulfide) groups is 1. The molecule has 0 amide bonds. The Morgan fingerprint density at radius 2 is 2.25 bits per heavy atom. The van der Waals surface area contributed by atoms with Crippen LogP contribution in [0.5, 0.6) is 0 Å². The second kappa shape index (κ2) is 3.97. The Kier molecular flexibility index (Phi) is 2.69. The number of benzene rings is 1. The van der Waals surface area contributed by atoms with Gasteiger partial charge in [-0.25, -0.2) is 0 Å². The Morgan fingerprint density at radius 3 is 2.92 bits per heavy atom. The zero-order valence-corrected chi connectivity index (χ0v) is 7.73. The Labute approximate surface area is 77.6 Å². The highest BCUT2D eigenvalue weighted by atomic mass is 32.2. The van der Waals surface area contributed by atoms with E-state index in [1.54, 1.807) is 0 Å². The second-order valence-corrected chi connectivity index (χ2v) is 4.21. The van der Waals surface area contributed by atoms with Crippen molar-refractivity contribution in [1.82, 2.24) is 5.32 Å². The van der Waals surface area contributed by atoms with E-state index in [4.69, 9.17) is 0 Å². The molecule has 1 nitrogen and oxygen atoms in total. The standard InChI is InChI=1S/C10H12NS/c1-2-4-9(5-3-1)10-8-11-6-7-12-10/h2-5,10-11H,6-8H2. The lowest BCUT2D eigenvalue weighted by Gasteiger charge is -2.22. The van der Waals surface area contributed by atoms with Crippen LogP contribution in [0, 0.1) is 6.07 Å². The average molecular weight is 178 g/mol. The average Bonchev–Trinajstić information content (AvgIpc) is 2.21. The van der Waals surface area contributed by atoms with Crippen LogP contribution in [0.2, 0.25) is 0 Å². The van der Waals surface area contributed by atoms with Crippen LogP contribution in [0.15, 0.2) is 24.3 Å². The Morgan fingerprint density at radius 1 is 1.42 bits per heavy atom. The summed E-state index contributed by atoms with van der Waals surface area (Å²) in [4.78, 5) is 0. The highest BCUT2D eigenvalue weighted by molar-refractivity contribution is 7.99. The van der Waals surface area contributed by atoms with Gasteiger partial charge in [0.15, 0.2) is 0 Å². The first-order chi connectivity index (χ1) is 5.97. The Bertz CT molecular complexity index is 229. The van der Waals surface area contributed by atoms with Gasteiger partial charge in [0, 0.05) is 24.1 Å². The molecule has 1 aliphatic rings. The Hall–Kier alpha value is -0.470. The maximum atomic E-state index is 3.40. The molecule has 1 saturated heterocycles. The van der Waals surface area contributed by atoms with E-state index in [0.717, 1.165) is 13.1 Å². The summed E-state index contributed by atoms with van der Waals surface area (Å²) >= 11 is 2.04. The molecule has 1 unspecified atom stereocenters. The highest BCUT2D eigenvalue weighted by Crippen LogP contribution is 2.29. The number of rotatable bonds is 1. The van der Waals surface area contributed by atoms with Crippen LogP contribution in [0.25, 0.3) is 0 Å². The molecule has 1 aliphatic heterocycles. The summed E-state index contributed by atoms with van der Waals surface area (Å²) in [5, 5.41) is 4.05. The molecular formula is C10H12NS. The Balaban J connectivity index is 2.08. The van der Waals surface area contributed by atoms with Crippen LogP contribution in [0.4, 0.5) is 0 Å². The van der Waals surface area contributed by atoms with Gasteiger partial charge in [0.25, 0.3) is 0 Å². The summed E-state index contributed by atoms with van der Waals surface area (Å²) in [6.45, 7) is 2.26. The minimum atomic E-state index is 0.647. The summed E-state index contributed by atoms with van der Waals surface area (Å²) in [5.41, 5.74) is 1.42. The molecule has 1 aromatic carbocycles. The van der Waals surface area contributed by atoms with Gasteiger partial charge in [-0.2, -0.15) is 11.8 Å². The number of hydrogen-bond donors (Lipinski definition) is 1. The molecule has 1 radical (unpaired) electrons. The quantitative estimate of drug-likeness (QED) is 0.704. The minimum absolute atomic E-state index is 0.647. The van der Waals surface area contributed by atoms with E-state index < -0.39 is 0 Å². The molecule has 1 aromatic rings. The van der Waals surface area contributed by atoms with E-state index in [1.165, 1.54) is 11.3 Å². The smallest absolute Gasteiger partial charge is 0.0422 e. The van der Waals surface area contributed by atoms with E-state index in [-0.39, 0.29) is 0 Å². The van der Waals surface area contributed by atoms with Gasteiger partial charge in [0.1, 0.15) is 0 Å². The van der Waals surface area contributed by atoms with E-state index >= 15 is 0 Å². The van der Waals surface area contributed by atoms with Gasteiger partial charge in [-0.15, -0.1) is 0 Å². The van der Waals surface area contributed by atoms with E-state index in [0.29, 0.717) is 5.25 Å². The van der Waals surface area contributed by atoms with Crippen molar-refractivity contribution in [2.24, 2.45) is 0 Å². The molecule has 0 saturated carbocycles. The fourth-order valence-electron chi connectivity index (χ4n) is 1.39. The van der Waals surface area contributed by atoms with Crippen LogP contribution in [-0.4, -0.2) is 18.8 Å². The molecule has 0 spiro atoms. The second-order valence-electron chi connectivity index (χ2n) is 2.90. The van der Waals surface area contributed by atoms with Gasteiger partial charge in [0.05, 0.1) is 0 Å². The van der Waals surface area contributed by atoms with Crippen molar-refractivity contribution in [3.63, 3.8) is 0 Å². The predicted molar refractivity (Wildman–Crippen MR) is 53.3 cm³/mol. The fraction of sp³-hybridized carbons (Fsp3) is 0.400. The van der Waals surface area contributed by atoms with Gasteiger partial charge in [-0.3, -0.25) is 0 Å². The summed E-state index contributed by atoms with van der Waals surface area (Å²) in [6.07, 6.45) is 0. The fourth-order valence-corrected chi connectivity index (χ4v) is 2.53. The van der Waals surface area contributed by atoms with Gasteiger partial charge in [-0.05, 0) is 11.6 Å². The third-order valence-corrected chi connectivity index (χ3v) is 3.32. The molecule has 2 heteroatoms. The number of nitrogens with one attached hydrogen (secondary N) is 1. The highest BCUT2D eigenvalue weighted by Gasteiger charge is 2.14. The van der Waals surface area contributed by atoms with Crippen LogP contribution < -0.4 is 5.32 Å². The molecule has 1 N–H and O–H groups in total. The van der Waals surface area contributed by atoms with Gasteiger partial charge >= 0.3 is 0 Å². The lowest BCUT2D eigenvalue weighted by Crippen LogP contribution is -2.27. The molecule has 0 aliphatic carbocycles. The monoisotopic (exact) mass is 178 g/mol. The summed E-state index contributed by atoms with van der Waals surface area (Å²) in [6, 6.07) is 11.3. The molecule has 0 bridgehead atoms. The van der Waals surface area contributed by atoms with Crippen molar-refractivity contribution in [3.05, 3.63) is 35.9 Å². The molecule has 1 fully saturated rings. The summed E-state index contributed by atoms with van der Waals surface area (Å²) < 4.78 is 0. The van der Waals surface area contributed by atoms with Gasteiger partial charge in [-0.1, -0.05) is 24.3 Å². The molecule has 63 valence electrons. The lowest BCUT2D eigenvalue weighted by molar-refractivity contribution is 0.689. The maximum absolute atomic E-state index is 3.40. The molecule has 2 rings (SSSR count). The van der Waals surface area contributed by atoms with Crippen LogP contribution >= 0.6 is 11.8 Å². The first-order valence-electron chi connectivity index (χ1n) is 4.25. The SMILES string of the molecule is [c]1ccc(C2CNCCS2)cc1. The van der Waals surface area contributed by atoms with Gasteiger partial charge in [0.2, 0.25) is 0 Å². The third-order valence-electron chi connectivity index (χ3n) is 2.04. The van der Waals surface area contributed by atoms with E-state index in [2.05, 4.69) is 23.5 Å². The molecular weight excluding hydrogens is 166 g/mol. The van der Waals surface area contributed by atoms with Crippen molar-refractivity contribution in [2.75, 3.05) is 18.8 Å². The zero-order valence-electron chi connectivity index (χ0n) is 6.92. The van der Waals surface area contributed by atoms with E-state index in [9.17, 15) is 0 Å². The van der Waals surface area contributed by atoms with Crippen molar-refractivity contribution in [1.29, 1.82) is 0 Å². The van der Waals surface area contributed by atoms with E-state index in [1.807, 2.05) is 23.9 Å². The lowest BCUT2D eigenvalue weighted by atomic mass is 10.1. The molecule has 1 heterocycles. The van der Waals surface area contributed by atoms with Crippen molar-refractivity contribution in [3.8, 4) is 0 Å². The van der Waals surface area contributed by atoms with Crippen molar-refractivity contribution < 1.29 is 0 Å². The van der Waals surface area contributed by atoms with Crippen LogP contribution in [0.3, 0.4) is 0 Å². The third kappa shape index (κ3) is 1.82. The summed E-state index contributed by atoms with van der Waals surface area (Å²) in [5.74, 6) is 1.23. The molecule has 0 aromatic heterocycles. The predicted octanol–water partition coefficient (Wildman–Crippen LogP) is 1.86. The normalized spacial score (nSPS) is 23.8. The first kappa shape index (κ1) is 8.14. The minimum Gasteiger partial charge on any atom is -0.314 e. The molecule has 12 heavy (non-hydrogen) atoms.